The summed E-state index contributed by atoms with van der Waals surface area (Å²) in [5.74, 6) is 1.92. The van der Waals surface area contributed by atoms with Gasteiger partial charge in [-0.05, 0) is 86.2 Å². The van der Waals surface area contributed by atoms with E-state index in [1.807, 2.05) is 56.3 Å². The van der Waals surface area contributed by atoms with Crippen molar-refractivity contribution < 1.29 is 14.3 Å². The second kappa shape index (κ2) is 11.4. The van der Waals surface area contributed by atoms with E-state index in [2.05, 4.69) is 28.2 Å². The number of hydrogen-bond acceptors (Lipinski definition) is 7. The Morgan fingerprint density at radius 2 is 1.63 bits per heavy atom. The molecular formula is C30H32N4O3S. The molecule has 1 aromatic heterocycles. The van der Waals surface area contributed by atoms with Gasteiger partial charge in [-0.1, -0.05) is 36.0 Å². The van der Waals surface area contributed by atoms with Gasteiger partial charge in [0.1, 0.15) is 11.5 Å². The van der Waals surface area contributed by atoms with E-state index >= 15 is 0 Å². The standard InChI is InChI=1S/C30H32N4O3S/c1-19-16-20(2)32-30(31-19)38-18-27(35)34-29(22-10-14-25(37-4)15-11-22)26-7-5-6-23(28(26)33-34)17-21-8-12-24(36-3)13-9-21/h8-17,26,29H,5-7,18H2,1-4H3. The fourth-order valence-corrected chi connectivity index (χ4v) is 6.00. The van der Waals surface area contributed by atoms with Crippen LogP contribution < -0.4 is 9.47 Å². The van der Waals surface area contributed by atoms with E-state index in [1.54, 1.807) is 19.2 Å². The Morgan fingerprint density at radius 1 is 1.00 bits per heavy atom. The van der Waals surface area contributed by atoms with Gasteiger partial charge in [-0.3, -0.25) is 4.79 Å². The highest BCUT2D eigenvalue weighted by molar-refractivity contribution is 7.99. The molecule has 3 aromatic rings. The number of rotatable bonds is 7. The molecule has 2 heterocycles. The van der Waals surface area contributed by atoms with Gasteiger partial charge in [0, 0.05) is 17.3 Å². The summed E-state index contributed by atoms with van der Waals surface area (Å²) in [6.45, 7) is 3.88. The molecule has 5 rings (SSSR count). The first-order valence-corrected chi connectivity index (χ1v) is 13.8. The highest BCUT2D eigenvalue weighted by Gasteiger charge is 2.43. The van der Waals surface area contributed by atoms with Crippen LogP contribution in [0.4, 0.5) is 0 Å². The maximum absolute atomic E-state index is 13.7. The zero-order valence-corrected chi connectivity index (χ0v) is 23.0. The fraction of sp³-hybridized carbons (Fsp3) is 0.333. The molecule has 0 N–H and O–H groups in total. The van der Waals surface area contributed by atoms with Crippen molar-refractivity contribution >= 4 is 29.5 Å². The summed E-state index contributed by atoms with van der Waals surface area (Å²) in [4.78, 5) is 22.6. The van der Waals surface area contributed by atoms with Crippen molar-refractivity contribution in [2.75, 3.05) is 20.0 Å². The minimum absolute atomic E-state index is 0.0516. The van der Waals surface area contributed by atoms with Crippen molar-refractivity contribution in [3.8, 4) is 11.5 Å². The van der Waals surface area contributed by atoms with E-state index in [0.717, 1.165) is 59.0 Å². The molecule has 1 amide bonds. The summed E-state index contributed by atoms with van der Waals surface area (Å²) >= 11 is 1.36. The molecule has 2 unspecified atom stereocenters. The zero-order chi connectivity index (χ0) is 26.6. The zero-order valence-electron chi connectivity index (χ0n) is 22.2. The first-order chi connectivity index (χ1) is 18.4. The molecule has 8 heteroatoms. The third kappa shape index (κ3) is 5.60. The monoisotopic (exact) mass is 528 g/mol. The van der Waals surface area contributed by atoms with Crippen LogP contribution in [0.15, 0.2) is 70.4 Å². The van der Waals surface area contributed by atoms with E-state index in [-0.39, 0.29) is 23.6 Å². The van der Waals surface area contributed by atoms with E-state index in [4.69, 9.17) is 14.6 Å². The number of thioether (sulfide) groups is 1. The summed E-state index contributed by atoms with van der Waals surface area (Å²) in [7, 11) is 3.33. The van der Waals surface area contributed by atoms with Crippen molar-refractivity contribution in [2.24, 2.45) is 11.0 Å². The molecule has 1 saturated carbocycles. The van der Waals surface area contributed by atoms with E-state index in [9.17, 15) is 4.79 Å². The number of carbonyl (C=O) groups excluding carboxylic acids is 1. The lowest BCUT2D eigenvalue weighted by Gasteiger charge is -2.29. The molecule has 2 aliphatic rings. The van der Waals surface area contributed by atoms with Crippen molar-refractivity contribution in [3.63, 3.8) is 0 Å². The molecule has 7 nitrogen and oxygen atoms in total. The topological polar surface area (TPSA) is 76.9 Å². The Balaban J connectivity index is 1.46. The van der Waals surface area contributed by atoms with Crippen LogP contribution >= 0.6 is 11.8 Å². The van der Waals surface area contributed by atoms with Crippen molar-refractivity contribution in [2.45, 2.75) is 44.3 Å². The Bertz CT molecular complexity index is 1350. The molecule has 196 valence electrons. The van der Waals surface area contributed by atoms with Crippen molar-refractivity contribution in [1.82, 2.24) is 15.0 Å². The first kappa shape index (κ1) is 26.0. The van der Waals surface area contributed by atoms with Gasteiger partial charge >= 0.3 is 0 Å². The normalized spacial score (nSPS) is 19.7. The molecule has 0 radical (unpaired) electrons. The summed E-state index contributed by atoms with van der Waals surface area (Å²) in [6, 6.07) is 17.8. The Kier molecular flexibility index (Phi) is 7.79. The average molecular weight is 529 g/mol. The van der Waals surface area contributed by atoms with Gasteiger partial charge in [-0.15, -0.1) is 0 Å². The molecule has 0 spiro atoms. The summed E-state index contributed by atoms with van der Waals surface area (Å²) < 4.78 is 10.7. The fourth-order valence-electron chi connectivity index (χ4n) is 5.19. The number of allylic oxidation sites excluding steroid dienone is 1. The van der Waals surface area contributed by atoms with Gasteiger partial charge in [-0.2, -0.15) is 5.10 Å². The van der Waals surface area contributed by atoms with E-state index in [1.165, 1.54) is 17.3 Å². The predicted octanol–water partition coefficient (Wildman–Crippen LogP) is 6.03. The first-order valence-electron chi connectivity index (χ1n) is 12.8. The number of carbonyl (C=O) groups is 1. The highest BCUT2D eigenvalue weighted by Crippen LogP contribution is 2.45. The minimum Gasteiger partial charge on any atom is -0.497 e. The van der Waals surface area contributed by atoms with Gasteiger partial charge in [-0.25, -0.2) is 15.0 Å². The number of hydrazone groups is 1. The lowest BCUT2D eigenvalue weighted by molar-refractivity contribution is -0.130. The largest absolute Gasteiger partial charge is 0.497 e. The van der Waals surface area contributed by atoms with Crippen LogP contribution in [0.1, 0.15) is 47.8 Å². The summed E-state index contributed by atoms with van der Waals surface area (Å²) in [5, 5.41) is 7.30. The van der Waals surface area contributed by atoms with Crippen LogP contribution in [0.2, 0.25) is 0 Å². The smallest absolute Gasteiger partial charge is 0.253 e. The third-order valence-electron chi connectivity index (χ3n) is 6.96. The number of fused-ring (bicyclic) bond motifs is 1. The molecule has 1 aliphatic heterocycles. The predicted molar refractivity (Wildman–Crippen MR) is 151 cm³/mol. The molecule has 2 aromatic carbocycles. The van der Waals surface area contributed by atoms with Crippen LogP contribution in [0.25, 0.3) is 6.08 Å². The number of aryl methyl sites for hydroxylation is 2. The van der Waals surface area contributed by atoms with Crippen LogP contribution in [0.3, 0.4) is 0 Å². The van der Waals surface area contributed by atoms with Crippen LogP contribution in [-0.2, 0) is 4.79 Å². The second-order valence-electron chi connectivity index (χ2n) is 9.60. The van der Waals surface area contributed by atoms with Crippen molar-refractivity contribution in [1.29, 1.82) is 0 Å². The molecule has 1 aliphatic carbocycles. The Labute approximate surface area is 228 Å². The number of methoxy groups -OCH3 is 2. The molecule has 0 bridgehead atoms. The van der Waals surface area contributed by atoms with Crippen LogP contribution in [-0.4, -0.2) is 46.6 Å². The number of aromatic nitrogens is 2. The Morgan fingerprint density at radius 3 is 2.26 bits per heavy atom. The molecular weight excluding hydrogens is 496 g/mol. The van der Waals surface area contributed by atoms with Gasteiger partial charge in [0.05, 0.1) is 31.7 Å². The number of hydrogen-bond donors (Lipinski definition) is 0. The van der Waals surface area contributed by atoms with Crippen LogP contribution in [0.5, 0.6) is 11.5 Å². The lowest BCUT2D eigenvalue weighted by Crippen LogP contribution is -2.32. The molecule has 38 heavy (non-hydrogen) atoms. The number of benzene rings is 2. The quantitative estimate of drug-likeness (QED) is 0.275. The van der Waals surface area contributed by atoms with Gasteiger partial charge in [0.25, 0.3) is 5.91 Å². The summed E-state index contributed by atoms with van der Waals surface area (Å²) in [6.07, 6.45) is 5.16. The van der Waals surface area contributed by atoms with Crippen LogP contribution in [0, 0.1) is 19.8 Å². The molecule has 1 fully saturated rings. The maximum Gasteiger partial charge on any atom is 0.253 e. The Hall–Kier alpha value is -3.65. The van der Waals surface area contributed by atoms with Gasteiger partial charge < -0.3 is 9.47 Å². The third-order valence-corrected chi connectivity index (χ3v) is 7.79. The van der Waals surface area contributed by atoms with E-state index in [0.29, 0.717) is 5.16 Å². The summed E-state index contributed by atoms with van der Waals surface area (Å²) in [5.41, 5.74) is 6.13. The van der Waals surface area contributed by atoms with E-state index < -0.39 is 0 Å². The number of ether oxygens (including phenoxy) is 2. The number of amides is 1. The number of nitrogens with zero attached hydrogens (tertiary/aromatic N) is 4. The molecule has 0 saturated heterocycles. The van der Waals surface area contributed by atoms with Gasteiger partial charge in [0.15, 0.2) is 5.16 Å². The maximum atomic E-state index is 13.7. The van der Waals surface area contributed by atoms with Crippen molar-refractivity contribution in [3.05, 3.63) is 82.7 Å². The van der Waals surface area contributed by atoms with Gasteiger partial charge in [0.2, 0.25) is 0 Å². The molecule has 2 atom stereocenters. The minimum atomic E-state index is -0.163. The highest BCUT2D eigenvalue weighted by atomic mass is 32.2. The second-order valence-corrected chi connectivity index (χ2v) is 10.5. The SMILES string of the molecule is COc1ccc(C=C2CCCC3C2=NN(C(=O)CSc2nc(C)cc(C)n2)C3c2ccc(OC)cc2)cc1. The lowest BCUT2D eigenvalue weighted by atomic mass is 9.77. The average Bonchev–Trinajstić information content (AvgIpc) is 3.32.